The fourth-order valence-corrected chi connectivity index (χ4v) is 1.32. The van der Waals surface area contributed by atoms with Crippen molar-refractivity contribution < 1.29 is 24.3 Å². The predicted molar refractivity (Wildman–Crippen MR) is 74.1 cm³/mol. The Labute approximate surface area is 122 Å². The average molecular weight is 302 g/mol. The van der Waals surface area contributed by atoms with Crippen LogP contribution in [0.2, 0.25) is 0 Å². The molecule has 0 unspecified atom stereocenters. The van der Waals surface area contributed by atoms with Crippen LogP contribution in [-0.2, 0) is 19.2 Å². The van der Waals surface area contributed by atoms with E-state index in [1.807, 2.05) is 0 Å². The molecule has 0 aliphatic carbocycles. The molecule has 0 heterocycles. The Bertz CT molecular complexity index is 397. The predicted octanol–water partition coefficient (Wildman–Crippen LogP) is -2.06. The van der Waals surface area contributed by atoms with E-state index in [0.29, 0.717) is 13.0 Å². The lowest BCUT2D eigenvalue weighted by molar-refractivity contribution is -0.138. The first-order valence-corrected chi connectivity index (χ1v) is 6.56. The molecule has 0 aliphatic rings. The molecule has 2 atom stereocenters. The summed E-state index contributed by atoms with van der Waals surface area (Å²) in [5.41, 5.74) is 5.35. The van der Waals surface area contributed by atoms with Gasteiger partial charge in [-0.3, -0.25) is 19.2 Å². The summed E-state index contributed by atoms with van der Waals surface area (Å²) in [5, 5.41) is 15.6. The number of nitrogens with two attached hydrogens (primary N) is 1. The summed E-state index contributed by atoms with van der Waals surface area (Å²) in [6.07, 6.45) is 0.545. The number of carbonyl (C=O) groups is 4. The van der Waals surface area contributed by atoms with E-state index >= 15 is 0 Å². The lowest BCUT2D eigenvalue weighted by atomic mass is 10.2. The Morgan fingerprint density at radius 2 is 1.71 bits per heavy atom. The number of carboxylic acids is 1. The summed E-state index contributed by atoms with van der Waals surface area (Å²) >= 11 is 0. The molecular formula is C12H22N4O5. The second-order valence-corrected chi connectivity index (χ2v) is 4.58. The maximum Gasteiger partial charge on any atom is 0.322 e. The van der Waals surface area contributed by atoms with Gasteiger partial charge in [-0.1, -0.05) is 0 Å². The molecule has 21 heavy (non-hydrogen) atoms. The molecule has 0 saturated carbocycles. The fourth-order valence-electron chi connectivity index (χ4n) is 1.32. The van der Waals surface area contributed by atoms with Gasteiger partial charge in [0, 0.05) is 13.0 Å². The Morgan fingerprint density at radius 3 is 2.24 bits per heavy atom. The van der Waals surface area contributed by atoms with Crippen molar-refractivity contribution in [2.75, 3.05) is 13.1 Å². The smallest absolute Gasteiger partial charge is 0.322 e. The SMILES string of the molecule is C[C@H](N)C(=O)NCCCC(=O)N[C@@H](C)C(=O)NCC(=O)O. The van der Waals surface area contributed by atoms with Gasteiger partial charge in [-0.15, -0.1) is 0 Å². The molecule has 0 bridgehead atoms. The van der Waals surface area contributed by atoms with E-state index in [-0.39, 0.29) is 18.2 Å². The molecule has 0 saturated heterocycles. The van der Waals surface area contributed by atoms with E-state index in [4.69, 9.17) is 10.8 Å². The maximum atomic E-state index is 11.5. The van der Waals surface area contributed by atoms with Gasteiger partial charge in [0.25, 0.3) is 0 Å². The van der Waals surface area contributed by atoms with Crippen molar-refractivity contribution in [3.63, 3.8) is 0 Å². The minimum atomic E-state index is -1.16. The van der Waals surface area contributed by atoms with Crippen molar-refractivity contribution in [3.05, 3.63) is 0 Å². The summed E-state index contributed by atoms with van der Waals surface area (Å²) in [5.74, 6) is -2.39. The molecule has 0 aliphatic heterocycles. The molecule has 0 fully saturated rings. The molecular weight excluding hydrogens is 280 g/mol. The van der Waals surface area contributed by atoms with Crippen molar-refractivity contribution in [2.45, 2.75) is 38.8 Å². The van der Waals surface area contributed by atoms with Crippen molar-refractivity contribution in [1.82, 2.24) is 16.0 Å². The highest BCUT2D eigenvalue weighted by molar-refractivity contribution is 5.89. The minimum Gasteiger partial charge on any atom is -0.480 e. The average Bonchev–Trinajstić information content (AvgIpc) is 2.40. The molecule has 0 aromatic carbocycles. The van der Waals surface area contributed by atoms with E-state index in [0.717, 1.165) is 0 Å². The molecule has 0 aromatic rings. The van der Waals surface area contributed by atoms with Crippen molar-refractivity contribution >= 4 is 23.7 Å². The van der Waals surface area contributed by atoms with E-state index in [2.05, 4.69) is 16.0 Å². The van der Waals surface area contributed by atoms with Gasteiger partial charge >= 0.3 is 5.97 Å². The number of aliphatic carboxylic acids is 1. The van der Waals surface area contributed by atoms with Gasteiger partial charge in [0.05, 0.1) is 6.04 Å². The van der Waals surface area contributed by atoms with E-state index in [9.17, 15) is 19.2 Å². The number of carbonyl (C=O) groups excluding carboxylic acids is 3. The second kappa shape index (κ2) is 9.70. The van der Waals surface area contributed by atoms with Gasteiger partial charge in [-0.2, -0.15) is 0 Å². The maximum absolute atomic E-state index is 11.5. The molecule has 0 aromatic heterocycles. The molecule has 6 N–H and O–H groups in total. The molecule has 3 amide bonds. The Hall–Kier alpha value is -2.16. The summed E-state index contributed by atoms with van der Waals surface area (Å²) in [6.45, 7) is 2.82. The van der Waals surface area contributed by atoms with Crippen LogP contribution in [0.1, 0.15) is 26.7 Å². The van der Waals surface area contributed by atoms with Crippen LogP contribution < -0.4 is 21.7 Å². The summed E-state index contributed by atoms with van der Waals surface area (Å²) in [6, 6.07) is -1.42. The monoisotopic (exact) mass is 302 g/mol. The highest BCUT2D eigenvalue weighted by Crippen LogP contribution is 1.91. The summed E-state index contributed by atoms with van der Waals surface area (Å²) < 4.78 is 0. The van der Waals surface area contributed by atoms with E-state index in [1.165, 1.54) is 6.92 Å². The number of carboxylic acid groups (broad SMARTS) is 1. The second-order valence-electron chi connectivity index (χ2n) is 4.58. The highest BCUT2D eigenvalue weighted by Gasteiger charge is 2.15. The van der Waals surface area contributed by atoms with Crippen molar-refractivity contribution in [3.8, 4) is 0 Å². The van der Waals surface area contributed by atoms with E-state index in [1.54, 1.807) is 6.92 Å². The Balaban J connectivity index is 3.85. The number of rotatable bonds is 9. The number of amides is 3. The van der Waals surface area contributed by atoms with Crippen LogP contribution in [0.25, 0.3) is 0 Å². The number of hydrogen-bond donors (Lipinski definition) is 5. The van der Waals surface area contributed by atoms with Gasteiger partial charge in [0.1, 0.15) is 12.6 Å². The van der Waals surface area contributed by atoms with Gasteiger partial charge < -0.3 is 26.8 Å². The van der Waals surface area contributed by atoms with Gasteiger partial charge in [0.15, 0.2) is 0 Å². The molecule has 0 radical (unpaired) electrons. The zero-order valence-electron chi connectivity index (χ0n) is 12.1. The van der Waals surface area contributed by atoms with E-state index < -0.39 is 30.5 Å². The third-order valence-corrected chi connectivity index (χ3v) is 2.48. The lowest BCUT2D eigenvalue weighted by Gasteiger charge is -2.13. The highest BCUT2D eigenvalue weighted by atomic mass is 16.4. The fraction of sp³-hybridized carbons (Fsp3) is 0.667. The molecule has 120 valence electrons. The first-order valence-electron chi connectivity index (χ1n) is 6.56. The van der Waals surface area contributed by atoms with Crippen LogP contribution in [0.5, 0.6) is 0 Å². The largest absolute Gasteiger partial charge is 0.480 e. The van der Waals surface area contributed by atoms with Gasteiger partial charge in [-0.05, 0) is 20.3 Å². The van der Waals surface area contributed by atoms with Gasteiger partial charge in [-0.25, -0.2) is 0 Å². The lowest BCUT2D eigenvalue weighted by Crippen LogP contribution is -2.46. The molecule has 0 rings (SSSR count). The summed E-state index contributed by atoms with van der Waals surface area (Å²) in [4.78, 5) is 44.4. The topological polar surface area (TPSA) is 151 Å². The third kappa shape index (κ3) is 9.38. The van der Waals surface area contributed by atoms with Crippen LogP contribution in [-0.4, -0.2) is 54.0 Å². The van der Waals surface area contributed by atoms with Gasteiger partial charge in [0.2, 0.25) is 17.7 Å². The third-order valence-electron chi connectivity index (χ3n) is 2.48. The van der Waals surface area contributed by atoms with Crippen molar-refractivity contribution in [1.29, 1.82) is 0 Å². The van der Waals surface area contributed by atoms with Crippen LogP contribution in [0.3, 0.4) is 0 Å². The summed E-state index contributed by atoms with van der Waals surface area (Å²) in [7, 11) is 0. The minimum absolute atomic E-state index is 0.135. The molecule has 9 nitrogen and oxygen atoms in total. The number of nitrogens with one attached hydrogen (secondary N) is 3. The Kier molecular flexibility index (Phi) is 8.70. The van der Waals surface area contributed by atoms with Crippen LogP contribution in [0.15, 0.2) is 0 Å². The van der Waals surface area contributed by atoms with Crippen LogP contribution in [0, 0.1) is 0 Å². The van der Waals surface area contributed by atoms with Crippen molar-refractivity contribution in [2.24, 2.45) is 5.73 Å². The quantitative estimate of drug-likeness (QED) is 0.309. The van der Waals surface area contributed by atoms with Crippen LogP contribution >= 0.6 is 0 Å². The van der Waals surface area contributed by atoms with Crippen LogP contribution in [0.4, 0.5) is 0 Å². The first kappa shape index (κ1) is 18.8. The zero-order valence-corrected chi connectivity index (χ0v) is 12.1. The first-order chi connectivity index (χ1) is 9.73. The standard InChI is InChI=1S/C12H22N4O5/c1-7(13)11(20)14-5-3-4-9(17)16-8(2)12(21)15-6-10(18)19/h7-8H,3-6,13H2,1-2H3,(H,14,20)(H,15,21)(H,16,17)(H,18,19)/t7-,8-/m0/s1. The zero-order chi connectivity index (χ0) is 16.4. The Morgan fingerprint density at radius 1 is 1.10 bits per heavy atom. The molecule has 0 spiro atoms. The molecule has 9 heteroatoms. The normalized spacial score (nSPS) is 12.9. The number of hydrogen-bond acceptors (Lipinski definition) is 5.